The van der Waals surface area contributed by atoms with Gasteiger partial charge in [-0.15, -0.1) is 0 Å². The number of hydrogen-bond acceptors (Lipinski definition) is 2. The van der Waals surface area contributed by atoms with Crippen molar-refractivity contribution in [3.05, 3.63) is 29.1 Å². The quantitative estimate of drug-likeness (QED) is 0.779. The van der Waals surface area contributed by atoms with Crippen LogP contribution in [0.15, 0.2) is 12.1 Å². The summed E-state index contributed by atoms with van der Waals surface area (Å²) >= 11 is 0. The molecule has 0 unspecified atom stereocenters. The van der Waals surface area contributed by atoms with Crippen molar-refractivity contribution >= 4 is 11.6 Å². The van der Waals surface area contributed by atoms with Crippen LogP contribution in [0.25, 0.3) is 0 Å². The number of carbonyl (C=O) groups is 1. The first-order valence-electron chi connectivity index (χ1n) is 6.15. The van der Waals surface area contributed by atoms with Gasteiger partial charge in [-0.2, -0.15) is 0 Å². The van der Waals surface area contributed by atoms with Crippen molar-refractivity contribution in [1.29, 1.82) is 0 Å². The van der Waals surface area contributed by atoms with Crippen molar-refractivity contribution in [3.8, 4) is 0 Å². The van der Waals surface area contributed by atoms with Crippen LogP contribution in [0.3, 0.4) is 0 Å². The van der Waals surface area contributed by atoms with Crippen LogP contribution in [0.4, 0.5) is 10.1 Å². The van der Waals surface area contributed by atoms with Crippen LogP contribution in [0.5, 0.6) is 0 Å². The molecule has 2 N–H and O–H groups in total. The van der Waals surface area contributed by atoms with E-state index < -0.39 is 5.82 Å². The number of carbonyl (C=O) groups excluding carboxylic acids is 1. The summed E-state index contributed by atoms with van der Waals surface area (Å²) in [6.07, 6.45) is 0.946. The number of halogens is 1. The number of likely N-dealkylation sites (tertiary alicyclic amines) is 1. The molecule has 1 fully saturated rings. The first kappa shape index (κ1) is 12.9. The Morgan fingerprint density at radius 2 is 2.11 bits per heavy atom. The van der Waals surface area contributed by atoms with Crippen molar-refractivity contribution in [3.63, 3.8) is 0 Å². The number of rotatable bonds is 1. The normalized spacial score (nSPS) is 18.1. The molecule has 98 valence electrons. The van der Waals surface area contributed by atoms with Gasteiger partial charge in [0.25, 0.3) is 5.91 Å². The lowest BCUT2D eigenvalue weighted by atomic mass is 9.93. The maximum Gasteiger partial charge on any atom is 0.256 e. The summed E-state index contributed by atoms with van der Waals surface area (Å²) in [7, 11) is 0. The lowest BCUT2D eigenvalue weighted by molar-refractivity contribution is 0.0773. The molecule has 0 radical (unpaired) electrons. The first-order chi connectivity index (χ1) is 8.30. The average molecular weight is 250 g/mol. The molecule has 1 saturated heterocycles. The van der Waals surface area contributed by atoms with Crippen molar-refractivity contribution in [2.45, 2.75) is 27.2 Å². The van der Waals surface area contributed by atoms with Gasteiger partial charge >= 0.3 is 0 Å². The average Bonchev–Trinajstić information content (AvgIpc) is 2.63. The Kier molecular flexibility index (Phi) is 3.05. The summed E-state index contributed by atoms with van der Waals surface area (Å²) in [6.45, 7) is 7.19. The Bertz CT molecular complexity index is 497. The predicted molar refractivity (Wildman–Crippen MR) is 69.9 cm³/mol. The summed E-state index contributed by atoms with van der Waals surface area (Å²) in [5, 5.41) is 0. The van der Waals surface area contributed by atoms with E-state index in [1.165, 1.54) is 6.07 Å². The van der Waals surface area contributed by atoms with Gasteiger partial charge in [-0.1, -0.05) is 13.8 Å². The monoisotopic (exact) mass is 250 g/mol. The molecule has 4 heteroatoms. The number of benzene rings is 1. The number of hydrogen-bond donors (Lipinski definition) is 1. The van der Waals surface area contributed by atoms with E-state index in [9.17, 15) is 9.18 Å². The molecular weight excluding hydrogens is 231 g/mol. The minimum atomic E-state index is -0.459. The van der Waals surface area contributed by atoms with Crippen molar-refractivity contribution < 1.29 is 9.18 Å². The number of anilines is 1. The van der Waals surface area contributed by atoms with E-state index in [0.717, 1.165) is 6.42 Å². The van der Waals surface area contributed by atoms with Crippen LogP contribution in [-0.4, -0.2) is 23.9 Å². The second kappa shape index (κ2) is 4.26. The van der Waals surface area contributed by atoms with E-state index in [1.54, 1.807) is 17.9 Å². The van der Waals surface area contributed by atoms with Gasteiger partial charge in [0, 0.05) is 18.8 Å². The number of nitrogens with zero attached hydrogens (tertiary/aromatic N) is 1. The predicted octanol–water partition coefficient (Wildman–Crippen LogP) is 2.59. The molecule has 1 aromatic carbocycles. The van der Waals surface area contributed by atoms with Crippen molar-refractivity contribution in [2.24, 2.45) is 5.41 Å². The zero-order valence-corrected chi connectivity index (χ0v) is 11.1. The van der Waals surface area contributed by atoms with E-state index in [1.807, 2.05) is 0 Å². The molecule has 0 aliphatic carbocycles. The third-order valence-corrected chi connectivity index (χ3v) is 3.47. The molecule has 0 spiro atoms. The van der Waals surface area contributed by atoms with E-state index in [2.05, 4.69) is 13.8 Å². The molecule has 1 heterocycles. The zero-order valence-electron chi connectivity index (χ0n) is 11.1. The molecule has 18 heavy (non-hydrogen) atoms. The van der Waals surface area contributed by atoms with Crippen LogP contribution < -0.4 is 5.73 Å². The molecule has 2 rings (SSSR count). The molecule has 1 aliphatic rings. The smallest absolute Gasteiger partial charge is 0.256 e. The van der Waals surface area contributed by atoms with Crippen molar-refractivity contribution in [2.75, 3.05) is 18.8 Å². The van der Waals surface area contributed by atoms with Gasteiger partial charge < -0.3 is 10.6 Å². The second-order valence-corrected chi connectivity index (χ2v) is 5.84. The number of aryl methyl sites for hydroxylation is 1. The van der Waals surface area contributed by atoms with Gasteiger partial charge in [0.15, 0.2) is 0 Å². The Balaban J connectivity index is 2.30. The summed E-state index contributed by atoms with van der Waals surface area (Å²) in [4.78, 5) is 14.0. The Labute approximate surface area is 107 Å². The summed E-state index contributed by atoms with van der Waals surface area (Å²) in [6, 6.07) is 2.97. The molecule has 0 aromatic heterocycles. The maximum atomic E-state index is 14.0. The number of amides is 1. The lowest BCUT2D eigenvalue weighted by Gasteiger charge is -2.20. The Hall–Kier alpha value is -1.58. The fraction of sp³-hybridized carbons (Fsp3) is 0.500. The highest BCUT2D eigenvalue weighted by Gasteiger charge is 2.33. The summed E-state index contributed by atoms with van der Waals surface area (Å²) in [5.41, 5.74) is 6.72. The molecule has 0 atom stereocenters. The van der Waals surface area contributed by atoms with E-state index in [-0.39, 0.29) is 16.9 Å². The minimum absolute atomic E-state index is 0.0881. The van der Waals surface area contributed by atoms with Gasteiger partial charge in [0.1, 0.15) is 5.82 Å². The molecular formula is C14H19FN2O. The Morgan fingerprint density at radius 3 is 2.67 bits per heavy atom. The number of nitrogen functional groups attached to an aromatic ring is 1. The molecule has 0 saturated carbocycles. The van der Waals surface area contributed by atoms with Crippen LogP contribution in [-0.2, 0) is 0 Å². The third kappa shape index (κ3) is 2.33. The van der Waals surface area contributed by atoms with Gasteiger partial charge in [0.2, 0.25) is 0 Å². The van der Waals surface area contributed by atoms with E-state index in [4.69, 9.17) is 5.73 Å². The molecule has 3 nitrogen and oxygen atoms in total. The highest BCUT2D eigenvalue weighted by Crippen LogP contribution is 2.30. The molecule has 1 amide bonds. The first-order valence-corrected chi connectivity index (χ1v) is 6.15. The van der Waals surface area contributed by atoms with Crippen LogP contribution in [0.1, 0.15) is 36.2 Å². The molecule has 1 aliphatic heterocycles. The van der Waals surface area contributed by atoms with Crippen molar-refractivity contribution in [1.82, 2.24) is 4.90 Å². The lowest BCUT2D eigenvalue weighted by Crippen LogP contribution is -2.31. The highest BCUT2D eigenvalue weighted by molar-refractivity contribution is 5.95. The number of nitrogens with two attached hydrogens (primary N) is 1. The molecule has 0 bridgehead atoms. The van der Waals surface area contributed by atoms with Crippen LogP contribution in [0.2, 0.25) is 0 Å². The van der Waals surface area contributed by atoms with Crippen LogP contribution in [0, 0.1) is 18.2 Å². The topological polar surface area (TPSA) is 46.3 Å². The van der Waals surface area contributed by atoms with E-state index >= 15 is 0 Å². The Morgan fingerprint density at radius 1 is 1.44 bits per heavy atom. The fourth-order valence-corrected chi connectivity index (χ4v) is 2.41. The van der Waals surface area contributed by atoms with Gasteiger partial charge in [-0.3, -0.25) is 4.79 Å². The van der Waals surface area contributed by atoms with Gasteiger partial charge in [-0.05, 0) is 36.5 Å². The molecule has 1 aromatic rings. The third-order valence-electron chi connectivity index (χ3n) is 3.47. The van der Waals surface area contributed by atoms with E-state index in [0.29, 0.717) is 24.3 Å². The fourth-order valence-electron chi connectivity index (χ4n) is 2.41. The SMILES string of the molecule is Cc1cc(N)cc(C(=O)N2CCC(C)(C)C2)c1F. The maximum absolute atomic E-state index is 14.0. The standard InChI is InChI=1S/C14H19FN2O/c1-9-6-10(16)7-11(12(9)15)13(18)17-5-4-14(2,3)8-17/h6-7H,4-5,8,16H2,1-3H3. The van der Waals surface area contributed by atoms with Crippen LogP contribution >= 0.6 is 0 Å². The largest absolute Gasteiger partial charge is 0.399 e. The highest BCUT2D eigenvalue weighted by atomic mass is 19.1. The second-order valence-electron chi connectivity index (χ2n) is 5.84. The van der Waals surface area contributed by atoms with Gasteiger partial charge in [0.05, 0.1) is 5.56 Å². The summed E-state index contributed by atoms with van der Waals surface area (Å²) in [5.74, 6) is -0.715. The zero-order chi connectivity index (χ0) is 13.5. The summed E-state index contributed by atoms with van der Waals surface area (Å²) < 4.78 is 14.0. The minimum Gasteiger partial charge on any atom is -0.399 e. The van der Waals surface area contributed by atoms with Gasteiger partial charge in [-0.25, -0.2) is 4.39 Å².